The number of hydrogen-bond donors (Lipinski definition) is 1. The highest BCUT2D eigenvalue weighted by molar-refractivity contribution is 8.06. The maximum atomic E-state index is 5.17. The summed E-state index contributed by atoms with van der Waals surface area (Å²) in [5.74, 6) is 4.78. The first kappa shape index (κ1) is 15.1. The van der Waals surface area contributed by atoms with Crippen LogP contribution in [0.4, 0.5) is 5.95 Å². The Kier molecular flexibility index (Phi) is 5.91. The van der Waals surface area contributed by atoms with E-state index in [9.17, 15) is 0 Å². The summed E-state index contributed by atoms with van der Waals surface area (Å²) in [6.07, 6.45) is 2.14. The molecular weight excluding hydrogens is 278 g/mol. The van der Waals surface area contributed by atoms with Gasteiger partial charge in [-0.2, -0.15) is 23.5 Å². The van der Waals surface area contributed by atoms with E-state index in [1.54, 1.807) is 7.11 Å². The quantitative estimate of drug-likeness (QED) is 0.874. The number of nitrogens with zero attached hydrogens (tertiary/aromatic N) is 2. The zero-order chi connectivity index (χ0) is 13.7. The topological polar surface area (TPSA) is 39.1 Å². The molecule has 108 valence electrons. The van der Waals surface area contributed by atoms with E-state index < -0.39 is 0 Å². The molecule has 2 rings (SSSR count). The van der Waals surface area contributed by atoms with Crippen LogP contribution in [0.1, 0.15) is 12.6 Å². The van der Waals surface area contributed by atoms with Gasteiger partial charge in [-0.05, 0) is 13.8 Å². The summed E-state index contributed by atoms with van der Waals surface area (Å²) in [7, 11) is 1.73. The third kappa shape index (κ3) is 4.61. The highest BCUT2D eigenvalue weighted by Gasteiger charge is 2.17. The van der Waals surface area contributed by atoms with Crippen molar-refractivity contribution in [1.82, 2.24) is 9.55 Å². The molecule has 4 nitrogen and oxygen atoms in total. The lowest BCUT2D eigenvalue weighted by molar-refractivity contribution is 0.190. The summed E-state index contributed by atoms with van der Waals surface area (Å²) >= 11 is 4.15. The van der Waals surface area contributed by atoms with E-state index in [2.05, 4.69) is 51.5 Å². The van der Waals surface area contributed by atoms with Gasteiger partial charge in [-0.1, -0.05) is 0 Å². The van der Waals surface area contributed by atoms with Crippen LogP contribution in [0.3, 0.4) is 0 Å². The summed E-state index contributed by atoms with van der Waals surface area (Å²) in [6.45, 7) is 5.90. The van der Waals surface area contributed by atoms with Crippen LogP contribution in [0.5, 0.6) is 0 Å². The number of anilines is 1. The Bertz CT molecular complexity index is 391. The normalized spacial score (nSPS) is 21.3. The van der Waals surface area contributed by atoms with Crippen molar-refractivity contribution in [3.05, 3.63) is 11.9 Å². The second kappa shape index (κ2) is 7.45. The van der Waals surface area contributed by atoms with E-state index in [-0.39, 0.29) is 6.04 Å². The minimum atomic E-state index is 0.277. The lowest BCUT2D eigenvalue weighted by atomic mass is 10.4. The molecule has 2 heterocycles. The fourth-order valence-electron chi connectivity index (χ4n) is 2.17. The highest BCUT2D eigenvalue weighted by Crippen LogP contribution is 2.26. The number of nitrogens with one attached hydrogen (secondary N) is 1. The fraction of sp³-hybridized carbons (Fsp3) is 0.769. The second-order valence-corrected chi connectivity index (χ2v) is 7.48. The number of imidazole rings is 1. The molecule has 1 N–H and O–H groups in total. The zero-order valence-electron chi connectivity index (χ0n) is 11.9. The molecule has 6 heteroatoms. The van der Waals surface area contributed by atoms with E-state index in [1.807, 2.05) is 6.92 Å². The molecule has 0 aliphatic carbocycles. The molecule has 0 amide bonds. The van der Waals surface area contributed by atoms with Crippen molar-refractivity contribution in [3.63, 3.8) is 0 Å². The van der Waals surface area contributed by atoms with E-state index >= 15 is 0 Å². The summed E-state index contributed by atoms with van der Waals surface area (Å²) in [6, 6.07) is 0.277. The van der Waals surface area contributed by atoms with Crippen molar-refractivity contribution in [2.75, 3.05) is 36.3 Å². The van der Waals surface area contributed by atoms with Gasteiger partial charge in [0.25, 0.3) is 0 Å². The molecule has 1 aromatic heterocycles. The largest absolute Gasteiger partial charge is 0.383 e. The minimum absolute atomic E-state index is 0.277. The van der Waals surface area contributed by atoms with E-state index in [0.717, 1.165) is 18.2 Å². The van der Waals surface area contributed by atoms with Gasteiger partial charge in [0.2, 0.25) is 5.95 Å². The third-order valence-electron chi connectivity index (χ3n) is 2.97. The first-order valence-corrected chi connectivity index (χ1v) is 8.88. The highest BCUT2D eigenvalue weighted by atomic mass is 32.2. The molecule has 0 spiro atoms. The van der Waals surface area contributed by atoms with Crippen LogP contribution in [-0.2, 0) is 11.3 Å². The lowest BCUT2D eigenvalue weighted by Crippen LogP contribution is -2.25. The Labute approximate surface area is 124 Å². The van der Waals surface area contributed by atoms with Crippen molar-refractivity contribution >= 4 is 29.5 Å². The van der Waals surface area contributed by atoms with Gasteiger partial charge < -0.3 is 14.6 Å². The Morgan fingerprint density at radius 1 is 1.58 bits per heavy atom. The molecule has 0 bridgehead atoms. The number of methoxy groups -OCH3 is 1. The van der Waals surface area contributed by atoms with Crippen LogP contribution in [0, 0.1) is 6.92 Å². The molecule has 1 aliphatic heterocycles. The van der Waals surface area contributed by atoms with Crippen LogP contribution >= 0.6 is 23.5 Å². The summed E-state index contributed by atoms with van der Waals surface area (Å²) in [4.78, 5) is 4.58. The predicted molar refractivity (Wildman–Crippen MR) is 85.5 cm³/mol. The van der Waals surface area contributed by atoms with Crippen LogP contribution in [0.25, 0.3) is 0 Å². The molecule has 0 aromatic carbocycles. The number of aryl methyl sites for hydroxylation is 1. The summed E-state index contributed by atoms with van der Waals surface area (Å²) in [5.41, 5.74) is 1.07. The van der Waals surface area contributed by atoms with Gasteiger partial charge in [-0.15, -0.1) is 0 Å². The molecule has 1 saturated heterocycles. The zero-order valence-corrected chi connectivity index (χ0v) is 13.5. The number of thioether (sulfide) groups is 2. The number of rotatable bonds is 6. The monoisotopic (exact) mass is 301 g/mol. The Morgan fingerprint density at radius 2 is 2.42 bits per heavy atom. The van der Waals surface area contributed by atoms with Crippen LogP contribution in [0.2, 0.25) is 0 Å². The van der Waals surface area contributed by atoms with Crippen LogP contribution < -0.4 is 5.32 Å². The number of hydrogen-bond acceptors (Lipinski definition) is 5. The number of ether oxygens (including phenoxy) is 1. The average molecular weight is 301 g/mol. The third-order valence-corrected chi connectivity index (χ3v) is 5.80. The van der Waals surface area contributed by atoms with Gasteiger partial charge in [0, 0.05) is 48.4 Å². The van der Waals surface area contributed by atoms with Crippen molar-refractivity contribution < 1.29 is 4.74 Å². The molecular formula is C13H23N3OS2. The lowest BCUT2D eigenvalue weighted by Gasteiger charge is -2.23. The van der Waals surface area contributed by atoms with Crippen molar-refractivity contribution in [2.24, 2.45) is 0 Å². The van der Waals surface area contributed by atoms with Gasteiger partial charge in [-0.25, -0.2) is 4.98 Å². The fourth-order valence-corrected chi connectivity index (χ4v) is 4.84. The first-order valence-electron chi connectivity index (χ1n) is 6.67. The van der Waals surface area contributed by atoms with E-state index in [1.165, 1.54) is 17.3 Å². The maximum absolute atomic E-state index is 5.17. The van der Waals surface area contributed by atoms with Crippen molar-refractivity contribution in [3.8, 4) is 0 Å². The first-order chi connectivity index (χ1) is 9.19. The Balaban J connectivity index is 1.98. The molecule has 1 aromatic rings. The molecule has 0 radical (unpaired) electrons. The molecule has 1 fully saturated rings. The van der Waals surface area contributed by atoms with Crippen LogP contribution in [-0.4, -0.2) is 51.8 Å². The Hall–Kier alpha value is -0.330. The van der Waals surface area contributed by atoms with Gasteiger partial charge in [0.1, 0.15) is 0 Å². The molecule has 1 aliphatic rings. The minimum Gasteiger partial charge on any atom is -0.383 e. The SMILES string of the molecule is COCC(C)Nc1nc(C)cn1CC1CSCCS1. The molecule has 2 unspecified atom stereocenters. The molecule has 19 heavy (non-hydrogen) atoms. The predicted octanol–water partition coefficient (Wildman–Crippen LogP) is 2.49. The Morgan fingerprint density at radius 3 is 3.11 bits per heavy atom. The van der Waals surface area contributed by atoms with E-state index in [0.29, 0.717) is 11.9 Å². The molecule has 2 atom stereocenters. The van der Waals surface area contributed by atoms with Crippen molar-refractivity contribution in [2.45, 2.75) is 31.7 Å². The standard InChI is InChI=1S/C13H23N3OS2/c1-10-6-16(7-12-9-18-4-5-19-12)13(14-10)15-11(2)8-17-3/h6,11-12H,4-5,7-9H2,1-3H3,(H,14,15). The summed E-state index contributed by atoms with van der Waals surface area (Å²) in [5, 5.41) is 4.13. The molecule has 0 saturated carbocycles. The average Bonchev–Trinajstić information content (AvgIpc) is 2.71. The maximum Gasteiger partial charge on any atom is 0.203 e. The van der Waals surface area contributed by atoms with E-state index in [4.69, 9.17) is 4.74 Å². The van der Waals surface area contributed by atoms with Gasteiger partial charge in [0.05, 0.1) is 12.3 Å². The van der Waals surface area contributed by atoms with Gasteiger partial charge in [0.15, 0.2) is 0 Å². The van der Waals surface area contributed by atoms with Gasteiger partial charge >= 0.3 is 0 Å². The summed E-state index contributed by atoms with van der Waals surface area (Å²) < 4.78 is 7.42. The smallest absolute Gasteiger partial charge is 0.203 e. The van der Waals surface area contributed by atoms with Crippen LogP contribution in [0.15, 0.2) is 6.20 Å². The van der Waals surface area contributed by atoms with Gasteiger partial charge in [-0.3, -0.25) is 0 Å². The van der Waals surface area contributed by atoms with Crippen molar-refractivity contribution in [1.29, 1.82) is 0 Å². The second-order valence-electron chi connectivity index (χ2n) is 4.93. The number of aromatic nitrogens is 2.